The second-order valence-corrected chi connectivity index (χ2v) is 9.08. The van der Waals surface area contributed by atoms with Gasteiger partial charge in [-0.3, -0.25) is 9.36 Å². The van der Waals surface area contributed by atoms with Crippen molar-refractivity contribution in [2.75, 3.05) is 20.0 Å². The molecule has 1 amide bonds. The summed E-state index contributed by atoms with van der Waals surface area (Å²) in [6.45, 7) is 0. The molecule has 0 saturated heterocycles. The summed E-state index contributed by atoms with van der Waals surface area (Å²) in [6, 6.07) is 20.1. The number of carbonyl (C=O) groups is 1. The van der Waals surface area contributed by atoms with Gasteiger partial charge in [0, 0.05) is 11.3 Å². The molecule has 0 atom stereocenters. The Hall–Kier alpha value is -3.53. The number of aromatic nitrogens is 3. The minimum atomic E-state index is -0.299. The van der Waals surface area contributed by atoms with Crippen LogP contribution in [0.2, 0.25) is 10.0 Å². The summed E-state index contributed by atoms with van der Waals surface area (Å²) < 4.78 is 12.4. The van der Waals surface area contributed by atoms with E-state index in [0.29, 0.717) is 26.6 Å². The van der Waals surface area contributed by atoms with Gasteiger partial charge in [0.2, 0.25) is 0 Å². The zero-order chi connectivity index (χ0) is 25.5. The van der Waals surface area contributed by atoms with Gasteiger partial charge in [0.25, 0.3) is 5.91 Å². The minimum absolute atomic E-state index is 0.0790. The van der Waals surface area contributed by atoms with E-state index in [2.05, 4.69) is 20.7 Å². The van der Waals surface area contributed by atoms with Crippen LogP contribution in [0.25, 0.3) is 17.1 Å². The van der Waals surface area contributed by atoms with Crippen LogP contribution in [0.15, 0.2) is 77.0 Å². The standard InChI is InChI=1S/C25H21Cl2N5O3S/c1-34-19-8-4-17(5-9-19)24-30-31-25(32(24)18-6-10-20(35-2)11-7-18)36-15-23(33)29-28-14-16-3-12-21(26)22(27)13-16/h3-14H,15H2,1-2H3,(H,29,33). The van der Waals surface area contributed by atoms with E-state index in [9.17, 15) is 4.79 Å². The first kappa shape index (κ1) is 25.6. The molecule has 0 bridgehead atoms. The summed E-state index contributed by atoms with van der Waals surface area (Å²) in [6.07, 6.45) is 1.49. The highest BCUT2D eigenvalue weighted by Crippen LogP contribution is 2.30. The number of carbonyl (C=O) groups excluding carboxylic acids is 1. The minimum Gasteiger partial charge on any atom is -0.497 e. The first-order chi connectivity index (χ1) is 17.5. The first-order valence-corrected chi connectivity index (χ1v) is 12.4. The van der Waals surface area contributed by atoms with Crippen LogP contribution in [-0.4, -0.2) is 46.9 Å². The molecule has 8 nitrogen and oxygen atoms in total. The topological polar surface area (TPSA) is 90.6 Å². The Labute approximate surface area is 222 Å². The van der Waals surface area contributed by atoms with Gasteiger partial charge in [0.05, 0.1) is 36.2 Å². The zero-order valence-electron chi connectivity index (χ0n) is 19.3. The summed E-state index contributed by atoms with van der Waals surface area (Å²) in [5.74, 6) is 1.87. The Morgan fingerprint density at radius 3 is 2.28 bits per heavy atom. The molecule has 1 N–H and O–H groups in total. The van der Waals surface area contributed by atoms with Crippen molar-refractivity contribution in [2.45, 2.75) is 5.16 Å². The third-order valence-electron chi connectivity index (χ3n) is 4.99. The largest absolute Gasteiger partial charge is 0.497 e. The molecule has 1 heterocycles. The summed E-state index contributed by atoms with van der Waals surface area (Å²) in [7, 11) is 3.23. The molecule has 0 aliphatic carbocycles. The highest BCUT2D eigenvalue weighted by molar-refractivity contribution is 7.99. The van der Waals surface area contributed by atoms with Crippen LogP contribution in [0.5, 0.6) is 11.5 Å². The van der Waals surface area contributed by atoms with Crippen LogP contribution in [-0.2, 0) is 4.79 Å². The molecule has 4 aromatic rings. The molecule has 3 aromatic carbocycles. The Balaban J connectivity index is 1.52. The van der Waals surface area contributed by atoms with Gasteiger partial charge in [-0.25, -0.2) is 5.43 Å². The van der Waals surface area contributed by atoms with Crippen molar-refractivity contribution < 1.29 is 14.3 Å². The molecule has 0 fully saturated rings. The van der Waals surface area contributed by atoms with Gasteiger partial charge < -0.3 is 9.47 Å². The third kappa shape index (κ3) is 6.17. The molecule has 0 unspecified atom stereocenters. The number of amides is 1. The van der Waals surface area contributed by atoms with Gasteiger partial charge in [-0.1, -0.05) is 41.0 Å². The molecule has 0 spiro atoms. The van der Waals surface area contributed by atoms with Crippen LogP contribution < -0.4 is 14.9 Å². The third-order valence-corrected chi connectivity index (χ3v) is 6.66. The van der Waals surface area contributed by atoms with E-state index in [1.807, 2.05) is 53.1 Å². The van der Waals surface area contributed by atoms with Gasteiger partial charge >= 0.3 is 0 Å². The number of methoxy groups -OCH3 is 2. The number of hydrogen-bond donors (Lipinski definition) is 1. The quantitative estimate of drug-likeness (QED) is 0.171. The molecule has 1 aromatic heterocycles. The lowest BCUT2D eigenvalue weighted by Crippen LogP contribution is -2.20. The van der Waals surface area contributed by atoms with Gasteiger partial charge in [0.15, 0.2) is 11.0 Å². The van der Waals surface area contributed by atoms with Crippen molar-refractivity contribution >= 4 is 47.1 Å². The highest BCUT2D eigenvalue weighted by atomic mass is 35.5. The molecule has 36 heavy (non-hydrogen) atoms. The molecular formula is C25H21Cl2N5O3S. The highest BCUT2D eigenvalue weighted by Gasteiger charge is 2.17. The number of nitrogens with zero attached hydrogens (tertiary/aromatic N) is 4. The average Bonchev–Trinajstić information content (AvgIpc) is 3.33. The van der Waals surface area contributed by atoms with Crippen molar-refractivity contribution in [3.8, 4) is 28.6 Å². The van der Waals surface area contributed by atoms with E-state index in [1.54, 1.807) is 32.4 Å². The number of hydrazone groups is 1. The molecule has 11 heteroatoms. The molecule has 184 valence electrons. The van der Waals surface area contributed by atoms with E-state index >= 15 is 0 Å². The Morgan fingerprint density at radius 2 is 1.64 bits per heavy atom. The normalized spacial score (nSPS) is 11.0. The summed E-state index contributed by atoms with van der Waals surface area (Å²) >= 11 is 13.2. The summed E-state index contributed by atoms with van der Waals surface area (Å²) in [5, 5.41) is 14.1. The predicted octanol–water partition coefficient (Wildman–Crippen LogP) is 5.50. The van der Waals surface area contributed by atoms with Crippen LogP contribution >= 0.6 is 35.0 Å². The fourth-order valence-corrected chi connectivity index (χ4v) is 4.24. The van der Waals surface area contributed by atoms with Crippen LogP contribution in [0, 0.1) is 0 Å². The second-order valence-electron chi connectivity index (χ2n) is 7.32. The molecule has 0 radical (unpaired) electrons. The van der Waals surface area contributed by atoms with E-state index in [1.165, 1.54) is 18.0 Å². The lowest BCUT2D eigenvalue weighted by Gasteiger charge is -2.11. The van der Waals surface area contributed by atoms with Crippen molar-refractivity contribution in [3.63, 3.8) is 0 Å². The van der Waals surface area contributed by atoms with Crippen molar-refractivity contribution in [2.24, 2.45) is 5.10 Å². The maximum Gasteiger partial charge on any atom is 0.250 e. The fraction of sp³-hybridized carbons (Fsp3) is 0.120. The lowest BCUT2D eigenvalue weighted by atomic mass is 10.2. The second kappa shape index (κ2) is 11.9. The number of ether oxygens (including phenoxy) is 2. The molecule has 0 aliphatic heterocycles. The Bertz CT molecular complexity index is 1380. The molecule has 4 rings (SSSR count). The molecular weight excluding hydrogens is 521 g/mol. The van der Waals surface area contributed by atoms with E-state index in [0.717, 1.165) is 22.7 Å². The predicted molar refractivity (Wildman–Crippen MR) is 143 cm³/mol. The fourth-order valence-electron chi connectivity index (χ4n) is 3.19. The lowest BCUT2D eigenvalue weighted by molar-refractivity contribution is -0.118. The number of nitrogens with one attached hydrogen (secondary N) is 1. The SMILES string of the molecule is COc1ccc(-c2nnc(SCC(=O)NN=Cc3ccc(Cl)c(Cl)c3)n2-c2ccc(OC)cc2)cc1. The van der Waals surface area contributed by atoms with Gasteiger partial charge in [-0.15, -0.1) is 10.2 Å². The van der Waals surface area contributed by atoms with Crippen LogP contribution in [0.1, 0.15) is 5.56 Å². The number of benzene rings is 3. The van der Waals surface area contributed by atoms with Gasteiger partial charge in [0.1, 0.15) is 11.5 Å². The number of thioether (sulfide) groups is 1. The molecule has 0 aliphatic rings. The number of hydrogen-bond acceptors (Lipinski definition) is 7. The maximum atomic E-state index is 12.4. The average molecular weight is 542 g/mol. The van der Waals surface area contributed by atoms with Crippen molar-refractivity contribution in [1.82, 2.24) is 20.2 Å². The monoisotopic (exact) mass is 541 g/mol. The van der Waals surface area contributed by atoms with Crippen LogP contribution in [0.4, 0.5) is 0 Å². The van der Waals surface area contributed by atoms with Gasteiger partial charge in [-0.05, 0) is 66.2 Å². The summed E-state index contributed by atoms with van der Waals surface area (Å²) in [5.41, 5.74) is 4.89. The van der Waals surface area contributed by atoms with Crippen molar-refractivity contribution in [1.29, 1.82) is 0 Å². The smallest absolute Gasteiger partial charge is 0.250 e. The first-order valence-electron chi connectivity index (χ1n) is 10.6. The Kier molecular flexibility index (Phi) is 8.48. The Morgan fingerprint density at radius 1 is 0.972 bits per heavy atom. The molecule has 0 saturated carbocycles. The van der Waals surface area contributed by atoms with Crippen LogP contribution in [0.3, 0.4) is 0 Å². The van der Waals surface area contributed by atoms with E-state index in [4.69, 9.17) is 32.7 Å². The number of rotatable bonds is 9. The van der Waals surface area contributed by atoms with E-state index in [-0.39, 0.29) is 11.7 Å². The zero-order valence-corrected chi connectivity index (χ0v) is 21.6. The van der Waals surface area contributed by atoms with Gasteiger partial charge in [-0.2, -0.15) is 5.10 Å². The van der Waals surface area contributed by atoms with E-state index < -0.39 is 0 Å². The number of halogens is 2. The maximum absolute atomic E-state index is 12.4. The van der Waals surface area contributed by atoms with Crippen molar-refractivity contribution in [3.05, 3.63) is 82.3 Å². The summed E-state index contributed by atoms with van der Waals surface area (Å²) in [4.78, 5) is 12.4.